The second-order valence-electron chi connectivity index (χ2n) is 3.67. The highest BCUT2D eigenvalue weighted by Crippen LogP contribution is 1.99. The summed E-state index contributed by atoms with van der Waals surface area (Å²) in [5.41, 5.74) is 0. The average molecular weight is 198 g/mol. The van der Waals surface area contributed by atoms with Gasteiger partial charge in [-0.05, 0) is 65.7 Å². The third-order valence-electron chi connectivity index (χ3n) is 2.26. The van der Waals surface area contributed by atoms with Crippen molar-refractivity contribution in [3.63, 3.8) is 0 Å². The summed E-state index contributed by atoms with van der Waals surface area (Å²) >= 11 is 0. The van der Waals surface area contributed by atoms with Gasteiger partial charge in [-0.25, -0.2) is 0 Å². The molecule has 14 heavy (non-hydrogen) atoms. The lowest BCUT2D eigenvalue weighted by Crippen LogP contribution is -2.06. The fourth-order valence-corrected chi connectivity index (χ4v) is 1.36. The Morgan fingerprint density at radius 2 is 1.14 bits per heavy atom. The van der Waals surface area contributed by atoms with Gasteiger partial charge in [-0.2, -0.15) is 0 Å². The molecule has 0 heterocycles. The molecule has 0 amide bonds. The minimum Gasteiger partial charge on any atom is -0.320 e. The van der Waals surface area contributed by atoms with Crippen LogP contribution in [-0.2, 0) is 0 Å². The van der Waals surface area contributed by atoms with E-state index in [0.29, 0.717) is 0 Å². The molecule has 2 N–H and O–H groups in total. The smallest absolute Gasteiger partial charge is 0.00518 e. The van der Waals surface area contributed by atoms with E-state index in [1.807, 2.05) is 14.1 Å². The van der Waals surface area contributed by atoms with E-state index in [0.717, 1.165) is 13.1 Å². The summed E-state index contributed by atoms with van der Waals surface area (Å²) < 4.78 is 0. The van der Waals surface area contributed by atoms with Crippen LogP contribution >= 0.6 is 0 Å². The third kappa shape index (κ3) is 11.7. The van der Waals surface area contributed by atoms with Crippen molar-refractivity contribution in [3.8, 4) is 0 Å². The first-order valence-corrected chi connectivity index (χ1v) is 5.86. The Labute approximate surface area is 89.2 Å². The second-order valence-corrected chi connectivity index (χ2v) is 3.67. The first-order valence-electron chi connectivity index (χ1n) is 5.86. The van der Waals surface area contributed by atoms with Gasteiger partial charge in [-0.15, -0.1) is 0 Å². The molecule has 0 saturated heterocycles. The molecular formula is C12H26N2. The van der Waals surface area contributed by atoms with Crippen molar-refractivity contribution in [3.05, 3.63) is 12.2 Å². The van der Waals surface area contributed by atoms with Crippen molar-refractivity contribution in [2.75, 3.05) is 27.2 Å². The van der Waals surface area contributed by atoms with Crippen molar-refractivity contribution in [2.24, 2.45) is 0 Å². The fraction of sp³-hybridized carbons (Fsp3) is 0.833. The van der Waals surface area contributed by atoms with E-state index in [9.17, 15) is 0 Å². The molecule has 0 rings (SSSR count). The van der Waals surface area contributed by atoms with Gasteiger partial charge in [0.2, 0.25) is 0 Å². The molecule has 0 spiro atoms. The van der Waals surface area contributed by atoms with Crippen LogP contribution in [0.3, 0.4) is 0 Å². The van der Waals surface area contributed by atoms with Crippen LogP contribution in [0.15, 0.2) is 12.2 Å². The van der Waals surface area contributed by atoms with Crippen LogP contribution in [0.4, 0.5) is 0 Å². The highest BCUT2D eigenvalue weighted by atomic mass is 14.8. The van der Waals surface area contributed by atoms with Gasteiger partial charge in [0.1, 0.15) is 0 Å². The van der Waals surface area contributed by atoms with Crippen LogP contribution in [0.1, 0.15) is 38.5 Å². The second kappa shape index (κ2) is 12.7. The van der Waals surface area contributed by atoms with Gasteiger partial charge in [0, 0.05) is 0 Å². The normalized spacial score (nSPS) is 11.3. The number of nitrogens with one attached hydrogen (secondary N) is 2. The topological polar surface area (TPSA) is 24.1 Å². The summed E-state index contributed by atoms with van der Waals surface area (Å²) in [5, 5.41) is 6.32. The standard InChI is InChI=1S/C12H26N2/c1-13-11-9-7-5-3-4-6-8-10-12-14-2/h3-4,13-14H,5-12H2,1-2H3/b4-3+. The van der Waals surface area contributed by atoms with Gasteiger partial charge in [0.25, 0.3) is 0 Å². The van der Waals surface area contributed by atoms with Crippen LogP contribution in [0.2, 0.25) is 0 Å². The maximum Gasteiger partial charge on any atom is -0.00518 e. The summed E-state index contributed by atoms with van der Waals surface area (Å²) in [6, 6.07) is 0. The maximum absolute atomic E-state index is 3.16. The molecule has 0 aromatic rings. The van der Waals surface area contributed by atoms with E-state index in [4.69, 9.17) is 0 Å². The largest absolute Gasteiger partial charge is 0.320 e. The Hall–Kier alpha value is -0.340. The molecule has 84 valence electrons. The quantitative estimate of drug-likeness (QED) is 0.416. The molecule has 0 saturated carbocycles. The van der Waals surface area contributed by atoms with Crippen molar-refractivity contribution in [2.45, 2.75) is 38.5 Å². The SMILES string of the molecule is CNCCCC/C=C/CCCCNC. The molecule has 0 unspecified atom stereocenters. The summed E-state index contributed by atoms with van der Waals surface area (Å²) in [7, 11) is 4.02. The van der Waals surface area contributed by atoms with Gasteiger partial charge in [0.15, 0.2) is 0 Å². The predicted molar refractivity (Wildman–Crippen MR) is 64.7 cm³/mol. The Balaban J connectivity index is 2.96. The van der Waals surface area contributed by atoms with Crippen LogP contribution in [0.5, 0.6) is 0 Å². The zero-order valence-electron chi connectivity index (χ0n) is 9.81. The van der Waals surface area contributed by atoms with Crippen molar-refractivity contribution in [1.29, 1.82) is 0 Å². The molecule has 0 aromatic carbocycles. The predicted octanol–water partition coefficient (Wildman–Crippen LogP) is 2.32. The van der Waals surface area contributed by atoms with Crippen LogP contribution in [0.25, 0.3) is 0 Å². The van der Waals surface area contributed by atoms with E-state index in [1.165, 1.54) is 38.5 Å². The molecule has 0 aliphatic heterocycles. The lowest BCUT2D eigenvalue weighted by molar-refractivity contribution is 0.676. The molecule has 2 nitrogen and oxygen atoms in total. The zero-order valence-corrected chi connectivity index (χ0v) is 9.81. The van der Waals surface area contributed by atoms with E-state index in [2.05, 4.69) is 22.8 Å². The van der Waals surface area contributed by atoms with E-state index >= 15 is 0 Å². The van der Waals surface area contributed by atoms with E-state index in [-0.39, 0.29) is 0 Å². The highest BCUT2D eigenvalue weighted by molar-refractivity contribution is 4.81. The molecule has 0 aliphatic rings. The Morgan fingerprint density at radius 3 is 1.50 bits per heavy atom. The van der Waals surface area contributed by atoms with Gasteiger partial charge in [-0.3, -0.25) is 0 Å². The molecular weight excluding hydrogens is 172 g/mol. The fourth-order valence-electron chi connectivity index (χ4n) is 1.36. The Bertz CT molecular complexity index is 107. The summed E-state index contributed by atoms with van der Waals surface area (Å²) in [6.07, 6.45) is 12.4. The molecule has 0 atom stereocenters. The van der Waals surface area contributed by atoms with Gasteiger partial charge < -0.3 is 10.6 Å². The molecule has 2 heteroatoms. The van der Waals surface area contributed by atoms with E-state index < -0.39 is 0 Å². The number of allylic oxidation sites excluding steroid dienone is 2. The minimum absolute atomic E-state index is 1.15. The molecule has 0 aromatic heterocycles. The third-order valence-corrected chi connectivity index (χ3v) is 2.26. The Kier molecular flexibility index (Phi) is 12.4. The molecule has 0 bridgehead atoms. The minimum atomic E-state index is 1.15. The first kappa shape index (κ1) is 13.7. The lowest BCUT2D eigenvalue weighted by atomic mass is 10.2. The molecule has 0 aliphatic carbocycles. The number of hydrogen-bond acceptors (Lipinski definition) is 2. The van der Waals surface area contributed by atoms with Gasteiger partial charge >= 0.3 is 0 Å². The van der Waals surface area contributed by atoms with Crippen LogP contribution < -0.4 is 10.6 Å². The summed E-state index contributed by atoms with van der Waals surface area (Å²) in [5.74, 6) is 0. The number of rotatable bonds is 10. The summed E-state index contributed by atoms with van der Waals surface area (Å²) in [4.78, 5) is 0. The monoisotopic (exact) mass is 198 g/mol. The van der Waals surface area contributed by atoms with E-state index in [1.54, 1.807) is 0 Å². The number of unbranched alkanes of at least 4 members (excludes halogenated alkanes) is 4. The highest BCUT2D eigenvalue weighted by Gasteiger charge is 1.85. The van der Waals surface area contributed by atoms with Crippen LogP contribution in [-0.4, -0.2) is 27.2 Å². The van der Waals surface area contributed by atoms with Crippen LogP contribution in [0, 0.1) is 0 Å². The van der Waals surface area contributed by atoms with Crippen molar-refractivity contribution in [1.82, 2.24) is 10.6 Å². The zero-order chi connectivity index (χ0) is 10.5. The molecule has 0 radical (unpaired) electrons. The van der Waals surface area contributed by atoms with Gasteiger partial charge in [-0.1, -0.05) is 12.2 Å². The summed E-state index contributed by atoms with van der Waals surface area (Å²) in [6.45, 7) is 2.30. The molecule has 0 fully saturated rings. The van der Waals surface area contributed by atoms with Crippen molar-refractivity contribution >= 4 is 0 Å². The first-order chi connectivity index (χ1) is 6.91. The number of hydrogen-bond donors (Lipinski definition) is 2. The van der Waals surface area contributed by atoms with Gasteiger partial charge in [0.05, 0.1) is 0 Å². The Morgan fingerprint density at radius 1 is 0.714 bits per heavy atom. The lowest BCUT2D eigenvalue weighted by Gasteiger charge is -1.97. The average Bonchev–Trinajstić information content (AvgIpc) is 2.21. The van der Waals surface area contributed by atoms with Crippen molar-refractivity contribution < 1.29 is 0 Å². The maximum atomic E-state index is 3.16.